The summed E-state index contributed by atoms with van der Waals surface area (Å²) >= 11 is 0. The lowest BCUT2D eigenvalue weighted by atomic mass is 10.1. The van der Waals surface area contributed by atoms with Crippen LogP contribution in [0.5, 0.6) is 5.88 Å². The lowest BCUT2D eigenvalue weighted by Gasteiger charge is -2.06. The van der Waals surface area contributed by atoms with Crippen molar-refractivity contribution in [2.45, 2.75) is 6.42 Å². The average molecular weight is 232 g/mol. The number of rotatable bonds is 2. The summed E-state index contributed by atoms with van der Waals surface area (Å²) in [6.07, 6.45) is 0.288. The van der Waals surface area contributed by atoms with Gasteiger partial charge in [-0.05, 0) is 5.56 Å². The van der Waals surface area contributed by atoms with E-state index < -0.39 is 11.2 Å². The van der Waals surface area contributed by atoms with Crippen molar-refractivity contribution in [1.82, 2.24) is 9.55 Å². The smallest absolute Gasteiger partial charge is 0.330 e. The number of hydrogen-bond donors (Lipinski definition) is 2. The molecule has 2 rings (SSSR count). The topological polar surface area (TPSA) is 75.1 Å². The van der Waals surface area contributed by atoms with Crippen LogP contribution in [0.3, 0.4) is 0 Å². The maximum absolute atomic E-state index is 11.6. The molecule has 0 saturated heterocycles. The highest BCUT2D eigenvalue weighted by atomic mass is 16.3. The summed E-state index contributed by atoms with van der Waals surface area (Å²) in [5.41, 5.74) is -0.0796. The Balaban J connectivity index is 2.51. The lowest BCUT2D eigenvalue weighted by molar-refractivity contribution is 0.411. The highest BCUT2D eigenvalue weighted by molar-refractivity contribution is 5.30. The molecule has 0 amide bonds. The lowest BCUT2D eigenvalue weighted by Crippen LogP contribution is -2.30. The normalized spacial score (nSPS) is 10.4. The summed E-state index contributed by atoms with van der Waals surface area (Å²) in [6, 6.07) is 9.27. The first-order valence-electron chi connectivity index (χ1n) is 5.14. The van der Waals surface area contributed by atoms with Gasteiger partial charge in [-0.2, -0.15) is 0 Å². The van der Waals surface area contributed by atoms with Crippen molar-refractivity contribution in [3.63, 3.8) is 0 Å². The minimum absolute atomic E-state index is 0.193. The summed E-state index contributed by atoms with van der Waals surface area (Å²) in [5.74, 6) is -0.289. The molecule has 0 bridgehead atoms. The van der Waals surface area contributed by atoms with Gasteiger partial charge >= 0.3 is 5.69 Å². The fraction of sp³-hybridized carbons (Fsp3) is 0.167. The molecule has 0 aliphatic carbocycles. The van der Waals surface area contributed by atoms with Crippen molar-refractivity contribution in [1.29, 1.82) is 0 Å². The van der Waals surface area contributed by atoms with Gasteiger partial charge < -0.3 is 5.11 Å². The predicted molar refractivity (Wildman–Crippen MR) is 63.2 cm³/mol. The quantitative estimate of drug-likeness (QED) is 0.785. The molecule has 2 N–H and O–H groups in total. The van der Waals surface area contributed by atoms with E-state index in [4.69, 9.17) is 0 Å². The number of nitrogens with one attached hydrogen (secondary N) is 1. The Bertz CT molecular complexity index is 641. The Morgan fingerprint density at radius 1 is 1.24 bits per heavy atom. The first-order chi connectivity index (χ1) is 8.09. The van der Waals surface area contributed by atoms with E-state index in [9.17, 15) is 14.7 Å². The fourth-order valence-corrected chi connectivity index (χ4v) is 1.62. The van der Waals surface area contributed by atoms with Gasteiger partial charge in [0.2, 0.25) is 5.88 Å². The first kappa shape index (κ1) is 11.2. The van der Waals surface area contributed by atoms with Gasteiger partial charge in [-0.1, -0.05) is 30.3 Å². The van der Waals surface area contributed by atoms with Gasteiger partial charge in [-0.15, -0.1) is 0 Å². The highest BCUT2D eigenvalue weighted by Gasteiger charge is 2.11. The second kappa shape index (κ2) is 4.29. The molecule has 1 heterocycles. The zero-order valence-corrected chi connectivity index (χ0v) is 9.30. The van der Waals surface area contributed by atoms with Gasteiger partial charge in [0.25, 0.3) is 5.56 Å². The van der Waals surface area contributed by atoms with E-state index in [1.54, 1.807) is 0 Å². The molecule has 0 saturated carbocycles. The van der Waals surface area contributed by atoms with Crippen LogP contribution in [0.25, 0.3) is 0 Å². The van der Waals surface area contributed by atoms with Crippen molar-refractivity contribution in [3.05, 3.63) is 62.3 Å². The SMILES string of the molecule is Cn1c(O)c(Cc2ccccc2)c(=O)[nH]c1=O. The Kier molecular flexibility index (Phi) is 2.82. The van der Waals surface area contributed by atoms with Crippen molar-refractivity contribution >= 4 is 0 Å². The monoisotopic (exact) mass is 232 g/mol. The minimum Gasteiger partial charge on any atom is -0.494 e. The van der Waals surface area contributed by atoms with Crippen molar-refractivity contribution in [2.75, 3.05) is 0 Å². The second-order valence-electron chi connectivity index (χ2n) is 3.78. The van der Waals surface area contributed by atoms with Gasteiger partial charge in [0, 0.05) is 13.5 Å². The molecule has 88 valence electrons. The highest BCUT2D eigenvalue weighted by Crippen LogP contribution is 2.13. The molecule has 0 atom stereocenters. The third-order valence-electron chi connectivity index (χ3n) is 2.61. The number of H-pyrrole nitrogens is 1. The van der Waals surface area contributed by atoms with Crippen LogP contribution in [0.1, 0.15) is 11.1 Å². The number of aromatic hydroxyl groups is 1. The molecule has 0 unspecified atom stereocenters. The van der Waals surface area contributed by atoms with E-state index >= 15 is 0 Å². The fourth-order valence-electron chi connectivity index (χ4n) is 1.62. The Hall–Kier alpha value is -2.30. The van der Waals surface area contributed by atoms with Gasteiger partial charge in [0.15, 0.2) is 0 Å². The van der Waals surface area contributed by atoms with Crippen molar-refractivity contribution in [2.24, 2.45) is 7.05 Å². The van der Waals surface area contributed by atoms with Crippen LogP contribution in [0.15, 0.2) is 39.9 Å². The van der Waals surface area contributed by atoms with Gasteiger partial charge in [0.05, 0.1) is 5.56 Å². The molecule has 5 heteroatoms. The van der Waals surface area contributed by atoms with Crippen LogP contribution >= 0.6 is 0 Å². The van der Waals surface area contributed by atoms with Crippen LogP contribution in [0.2, 0.25) is 0 Å². The number of aromatic amines is 1. The van der Waals surface area contributed by atoms with Gasteiger partial charge in [0.1, 0.15) is 0 Å². The second-order valence-corrected chi connectivity index (χ2v) is 3.78. The minimum atomic E-state index is -0.621. The van der Waals surface area contributed by atoms with Crippen LogP contribution in [-0.4, -0.2) is 14.7 Å². The van der Waals surface area contributed by atoms with E-state index in [1.807, 2.05) is 30.3 Å². The number of aromatic nitrogens is 2. The van der Waals surface area contributed by atoms with Crippen LogP contribution in [0.4, 0.5) is 0 Å². The molecular formula is C12H12N2O3. The van der Waals surface area contributed by atoms with E-state index in [0.29, 0.717) is 0 Å². The maximum atomic E-state index is 11.6. The standard InChI is InChI=1S/C12H12N2O3/c1-14-11(16)9(10(15)13-12(14)17)7-8-5-3-2-4-6-8/h2-6,16H,7H2,1H3,(H,13,15,17). The maximum Gasteiger partial charge on any atom is 0.330 e. The summed E-state index contributed by atoms with van der Waals surface area (Å²) in [7, 11) is 1.40. The van der Waals surface area contributed by atoms with Crippen LogP contribution in [-0.2, 0) is 13.5 Å². The molecule has 0 radical (unpaired) electrons. The molecule has 1 aromatic carbocycles. The molecule has 0 fully saturated rings. The number of nitrogens with zero attached hydrogens (tertiary/aromatic N) is 1. The van der Waals surface area contributed by atoms with Gasteiger partial charge in [-0.3, -0.25) is 14.3 Å². The van der Waals surface area contributed by atoms with E-state index in [1.165, 1.54) is 7.05 Å². The zero-order valence-electron chi connectivity index (χ0n) is 9.30. The Morgan fingerprint density at radius 3 is 2.53 bits per heavy atom. The zero-order chi connectivity index (χ0) is 12.4. The third-order valence-corrected chi connectivity index (χ3v) is 2.61. The largest absolute Gasteiger partial charge is 0.494 e. The molecule has 17 heavy (non-hydrogen) atoms. The summed E-state index contributed by atoms with van der Waals surface area (Å²) < 4.78 is 1.01. The van der Waals surface area contributed by atoms with Crippen molar-refractivity contribution < 1.29 is 5.11 Å². The van der Waals surface area contributed by atoms with E-state index in [2.05, 4.69) is 4.98 Å². The van der Waals surface area contributed by atoms with Crippen molar-refractivity contribution in [3.8, 4) is 5.88 Å². The van der Waals surface area contributed by atoms with Gasteiger partial charge in [-0.25, -0.2) is 4.79 Å². The third kappa shape index (κ3) is 2.13. The predicted octanol–water partition coefficient (Wildman–Crippen LogP) is 0.370. The summed E-state index contributed by atoms with van der Waals surface area (Å²) in [6.45, 7) is 0. The molecule has 2 aromatic rings. The van der Waals surface area contributed by atoms with Crippen LogP contribution in [0, 0.1) is 0 Å². The number of benzene rings is 1. The molecule has 1 aromatic heterocycles. The molecule has 5 nitrogen and oxygen atoms in total. The average Bonchev–Trinajstić information content (AvgIpc) is 2.33. The Labute approximate surface area is 97.0 Å². The molecule has 0 aliphatic heterocycles. The molecule has 0 aliphatic rings. The molecule has 0 spiro atoms. The first-order valence-corrected chi connectivity index (χ1v) is 5.14. The van der Waals surface area contributed by atoms with E-state index in [0.717, 1.165) is 10.1 Å². The molecular weight excluding hydrogens is 220 g/mol. The number of hydrogen-bond acceptors (Lipinski definition) is 3. The van der Waals surface area contributed by atoms with Crippen LogP contribution < -0.4 is 11.2 Å². The Morgan fingerprint density at radius 2 is 1.88 bits per heavy atom. The summed E-state index contributed by atoms with van der Waals surface area (Å²) in [5, 5.41) is 9.76. The van der Waals surface area contributed by atoms with E-state index in [-0.39, 0.29) is 17.9 Å². The summed E-state index contributed by atoms with van der Waals surface area (Å²) in [4.78, 5) is 25.0.